The number of halogens is 4. The first-order valence-electron chi connectivity index (χ1n) is 6.54. The minimum atomic E-state index is -0.608. The lowest BCUT2D eigenvalue weighted by atomic mass is 9.99. The van der Waals surface area contributed by atoms with Gasteiger partial charge in [-0.05, 0) is 61.3 Å². The Morgan fingerprint density at radius 1 is 0.952 bits per heavy atom. The minimum absolute atomic E-state index is 0.106. The van der Waals surface area contributed by atoms with E-state index >= 15 is 0 Å². The molecular formula is C16H15ClF3N. The van der Waals surface area contributed by atoms with Gasteiger partial charge >= 0.3 is 0 Å². The average molecular weight is 314 g/mol. The molecule has 0 aromatic heterocycles. The molecule has 5 heteroatoms. The Kier molecular flexibility index (Phi) is 5.26. The van der Waals surface area contributed by atoms with E-state index in [2.05, 4.69) is 5.32 Å². The third-order valence-electron chi connectivity index (χ3n) is 3.29. The second-order valence-corrected chi connectivity index (χ2v) is 5.31. The molecule has 0 aliphatic rings. The third kappa shape index (κ3) is 4.48. The molecule has 0 amide bonds. The monoisotopic (exact) mass is 313 g/mol. The van der Waals surface area contributed by atoms with Crippen LogP contribution in [0.4, 0.5) is 13.2 Å². The quantitative estimate of drug-likeness (QED) is 0.875. The standard InChI is InChI=1S/C16H15ClF3N/c1-21-15(6-10-4-13(19)9-14(20)5-10)8-11-7-12(18)2-3-16(11)17/h2-5,7,9,15,21H,6,8H2,1H3. The van der Waals surface area contributed by atoms with Crippen molar-refractivity contribution in [1.29, 1.82) is 0 Å². The topological polar surface area (TPSA) is 12.0 Å². The number of likely N-dealkylation sites (N-methyl/N-ethyl adjacent to an activating group) is 1. The van der Waals surface area contributed by atoms with Crippen LogP contribution in [-0.4, -0.2) is 13.1 Å². The molecule has 2 rings (SSSR count). The van der Waals surface area contributed by atoms with Gasteiger partial charge in [0.05, 0.1) is 0 Å². The maximum Gasteiger partial charge on any atom is 0.126 e. The molecule has 0 aliphatic carbocycles. The van der Waals surface area contributed by atoms with E-state index in [9.17, 15) is 13.2 Å². The van der Waals surface area contributed by atoms with Crippen molar-refractivity contribution in [2.75, 3.05) is 7.05 Å². The van der Waals surface area contributed by atoms with Crippen molar-refractivity contribution in [1.82, 2.24) is 5.32 Å². The maximum atomic E-state index is 13.3. The van der Waals surface area contributed by atoms with E-state index in [1.165, 1.54) is 30.3 Å². The Morgan fingerprint density at radius 3 is 2.24 bits per heavy atom. The van der Waals surface area contributed by atoms with Gasteiger partial charge in [-0.1, -0.05) is 11.6 Å². The van der Waals surface area contributed by atoms with Gasteiger partial charge in [-0.2, -0.15) is 0 Å². The molecule has 0 bridgehead atoms. The minimum Gasteiger partial charge on any atom is -0.316 e. The molecule has 1 atom stereocenters. The van der Waals surface area contributed by atoms with Crippen molar-refractivity contribution >= 4 is 11.6 Å². The van der Waals surface area contributed by atoms with Crippen LogP contribution in [-0.2, 0) is 12.8 Å². The third-order valence-corrected chi connectivity index (χ3v) is 3.66. The molecule has 21 heavy (non-hydrogen) atoms. The van der Waals surface area contributed by atoms with E-state index in [0.717, 1.165) is 6.07 Å². The molecule has 2 aromatic rings. The molecule has 0 radical (unpaired) electrons. The van der Waals surface area contributed by atoms with Crippen LogP contribution >= 0.6 is 11.6 Å². The van der Waals surface area contributed by atoms with Crippen molar-refractivity contribution < 1.29 is 13.2 Å². The van der Waals surface area contributed by atoms with Crippen molar-refractivity contribution in [2.45, 2.75) is 18.9 Å². The largest absolute Gasteiger partial charge is 0.316 e. The SMILES string of the molecule is CNC(Cc1cc(F)cc(F)c1)Cc1cc(F)ccc1Cl. The molecule has 0 saturated heterocycles. The van der Waals surface area contributed by atoms with Crippen molar-refractivity contribution in [2.24, 2.45) is 0 Å². The van der Waals surface area contributed by atoms with E-state index < -0.39 is 11.6 Å². The summed E-state index contributed by atoms with van der Waals surface area (Å²) in [6.07, 6.45) is 0.878. The van der Waals surface area contributed by atoms with Crippen LogP contribution in [0.5, 0.6) is 0 Å². The Balaban J connectivity index is 2.14. The normalized spacial score (nSPS) is 12.4. The van der Waals surface area contributed by atoms with Crippen molar-refractivity contribution in [3.63, 3.8) is 0 Å². The summed E-state index contributed by atoms with van der Waals surface area (Å²) in [6.45, 7) is 0. The van der Waals surface area contributed by atoms with Crippen LogP contribution in [0, 0.1) is 17.5 Å². The Morgan fingerprint density at radius 2 is 1.62 bits per heavy atom. The first-order valence-corrected chi connectivity index (χ1v) is 6.92. The van der Waals surface area contributed by atoms with Gasteiger partial charge in [-0.25, -0.2) is 13.2 Å². The number of nitrogens with one attached hydrogen (secondary N) is 1. The lowest BCUT2D eigenvalue weighted by molar-refractivity contribution is 0.541. The molecule has 0 fully saturated rings. The molecule has 0 spiro atoms. The molecule has 1 N–H and O–H groups in total. The van der Waals surface area contributed by atoms with Crippen LogP contribution in [0.3, 0.4) is 0 Å². The summed E-state index contributed by atoms with van der Waals surface area (Å²) < 4.78 is 39.6. The molecule has 0 saturated carbocycles. The van der Waals surface area contributed by atoms with Gasteiger partial charge in [0, 0.05) is 17.1 Å². The van der Waals surface area contributed by atoms with Crippen LogP contribution in [0.15, 0.2) is 36.4 Å². The van der Waals surface area contributed by atoms with Gasteiger partial charge < -0.3 is 5.32 Å². The van der Waals surface area contributed by atoms with E-state index in [0.29, 0.717) is 29.0 Å². The first-order chi connectivity index (χ1) is 9.97. The Hall–Kier alpha value is -1.52. The van der Waals surface area contributed by atoms with Crippen LogP contribution in [0.25, 0.3) is 0 Å². The molecule has 2 aromatic carbocycles. The highest BCUT2D eigenvalue weighted by molar-refractivity contribution is 6.31. The summed E-state index contributed by atoms with van der Waals surface area (Å²) >= 11 is 6.04. The van der Waals surface area contributed by atoms with Crippen molar-refractivity contribution in [3.05, 3.63) is 70.0 Å². The lowest BCUT2D eigenvalue weighted by Gasteiger charge is -2.17. The van der Waals surface area contributed by atoms with E-state index in [1.54, 1.807) is 7.05 Å². The smallest absolute Gasteiger partial charge is 0.126 e. The van der Waals surface area contributed by atoms with E-state index in [-0.39, 0.29) is 11.9 Å². The number of rotatable bonds is 5. The number of benzene rings is 2. The molecular weight excluding hydrogens is 299 g/mol. The average Bonchev–Trinajstić information content (AvgIpc) is 2.41. The second-order valence-electron chi connectivity index (χ2n) is 4.91. The van der Waals surface area contributed by atoms with E-state index in [4.69, 9.17) is 11.6 Å². The van der Waals surface area contributed by atoms with Gasteiger partial charge in [0.25, 0.3) is 0 Å². The highest BCUT2D eigenvalue weighted by atomic mass is 35.5. The summed E-state index contributed by atoms with van der Waals surface area (Å²) in [7, 11) is 1.74. The zero-order valence-electron chi connectivity index (χ0n) is 11.5. The van der Waals surface area contributed by atoms with E-state index in [1.807, 2.05) is 0 Å². The fourth-order valence-corrected chi connectivity index (χ4v) is 2.45. The molecule has 0 aliphatic heterocycles. The molecule has 1 unspecified atom stereocenters. The zero-order valence-corrected chi connectivity index (χ0v) is 12.2. The predicted octanol–water partition coefficient (Wildman–Crippen LogP) is 4.13. The fraction of sp³-hybridized carbons (Fsp3) is 0.250. The predicted molar refractivity (Wildman–Crippen MR) is 78.0 cm³/mol. The molecule has 1 nitrogen and oxygen atoms in total. The number of hydrogen-bond donors (Lipinski definition) is 1. The highest BCUT2D eigenvalue weighted by Crippen LogP contribution is 2.20. The zero-order chi connectivity index (χ0) is 15.4. The number of hydrogen-bond acceptors (Lipinski definition) is 1. The van der Waals surface area contributed by atoms with Crippen molar-refractivity contribution in [3.8, 4) is 0 Å². The van der Waals surface area contributed by atoms with Gasteiger partial charge in [-0.15, -0.1) is 0 Å². The van der Waals surface area contributed by atoms with Crippen LogP contribution in [0.1, 0.15) is 11.1 Å². The Labute approximate surface area is 126 Å². The fourth-order valence-electron chi connectivity index (χ4n) is 2.25. The van der Waals surface area contributed by atoms with Gasteiger partial charge in [-0.3, -0.25) is 0 Å². The highest BCUT2D eigenvalue weighted by Gasteiger charge is 2.13. The lowest BCUT2D eigenvalue weighted by Crippen LogP contribution is -2.30. The molecule has 0 heterocycles. The summed E-state index contributed by atoms with van der Waals surface area (Å²) in [5.74, 6) is -1.58. The maximum absolute atomic E-state index is 13.3. The first kappa shape index (κ1) is 15.9. The van der Waals surface area contributed by atoms with Crippen LogP contribution < -0.4 is 5.32 Å². The summed E-state index contributed by atoms with van der Waals surface area (Å²) in [5.41, 5.74) is 1.20. The van der Waals surface area contributed by atoms with Crippen LogP contribution in [0.2, 0.25) is 5.02 Å². The summed E-state index contributed by atoms with van der Waals surface area (Å²) in [5, 5.41) is 3.53. The van der Waals surface area contributed by atoms with Gasteiger partial charge in [0.1, 0.15) is 17.5 Å². The Bertz CT molecular complexity index is 611. The summed E-state index contributed by atoms with van der Waals surface area (Å²) in [4.78, 5) is 0. The second kappa shape index (κ2) is 6.96. The van der Waals surface area contributed by atoms with Gasteiger partial charge in [0.2, 0.25) is 0 Å². The summed E-state index contributed by atoms with van der Waals surface area (Å²) in [6, 6.07) is 7.48. The van der Waals surface area contributed by atoms with Gasteiger partial charge in [0.15, 0.2) is 0 Å². The molecule has 112 valence electrons.